The number of rotatable bonds is 4. The number of anilines is 1. The average Bonchev–Trinajstić information content (AvgIpc) is 2.98. The van der Waals surface area contributed by atoms with Crippen LogP contribution in [-0.2, 0) is 16.1 Å². The Morgan fingerprint density at radius 2 is 1.96 bits per heavy atom. The summed E-state index contributed by atoms with van der Waals surface area (Å²) in [4.78, 5) is 35.0. The maximum Gasteiger partial charge on any atom is 0.394 e. The van der Waals surface area contributed by atoms with Crippen LogP contribution in [0.3, 0.4) is 0 Å². The van der Waals surface area contributed by atoms with Gasteiger partial charge >= 0.3 is 18.2 Å². The van der Waals surface area contributed by atoms with E-state index in [1.165, 1.54) is 6.92 Å². The molecule has 0 radical (unpaired) electrons. The van der Waals surface area contributed by atoms with E-state index in [0.29, 0.717) is 11.3 Å². The van der Waals surface area contributed by atoms with Gasteiger partial charge < -0.3 is 20.6 Å². The summed E-state index contributed by atoms with van der Waals surface area (Å²) in [5, 5.41) is 14.0. The molecule has 0 aromatic heterocycles. The number of carboxylic acids is 1. The lowest BCUT2D eigenvalue weighted by Crippen LogP contribution is -2.39. The number of aliphatic carboxylic acids is 1. The summed E-state index contributed by atoms with van der Waals surface area (Å²) in [7, 11) is 0. The molecule has 1 aromatic carbocycles. The molecule has 1 fully saturated rings. The quantitative estimate of drug-likeness (QED) is 0.752. The third-order valence-corrected chi connectivity index (χ3v) is 4.04. The van der Waals surface area contributed by atoms with Gasteiger partial charge in [-0.05, 0) is 17.7 Å². The van der Waals surface area contributed by atoms with Gasteiger partial charge in [-0.3, -0.25) is 9.59 Å². The first-order valence-corrected chi connectivity index (χ1v) is 7.76. The van der Waals surface area contributed by atoms with Crippen molar-refractivity contribution in [2.75, 3.05) is 18.4 Å². The molecule has 0 spiro atoms. The summed E-state index contributed by atoms with van der Waals surface area (Å²) in [6, 6.07) is 5.83. The van der Waals surface area contributed by atoms with Crippen molar-refractivity contribution in [3.8, 4) is 0 Å². The van der Waals surface area contributed by atoms with Gasteiger partial charge in [-0.2, -0.15) is 13.2 Å². The SMILES string of the molecule is CC(=O)Nc1cccc(CNC(=O)N2C[C@@H](C(F)(F)F)[C@H](C(=O)O)C2)c1. The highest BCUT2D eigenvalue weighted by Crippen LogP contribution is 2.37. The number of nitrogens with one attached hydrogen (secondary N) is 2. The van der Waals surface area contributed by atoms with E-state index >= 15 is 0 Å². The van der Waals surface area contributed by atoms with E-state index in [1.54, 1.807) is 24.3 Å². The second-order valence-electron chi connectivity index (χ2n) is 6.04. The zero-order chi connectivity index (χ0) is 19.5. The van der Waals surface area contributed by atoms with Crippen LogP contribution in [0.4, 0.5) is 23.7 Å². The smallest absolute Gasteiger partial charge is 0.394 e. The zero-order valence-corrected chi connectivity index (χ0v) is 13.8. The van der Waals surface area contributed by atoms with Gasteiger partial charge in [-0.25, -0.2) is 4.79 Å². The van der Waals surface area contributed by atoms with Crippen molar-refractivity contribution >= 4 is 23.6 Å². The van der Waals surface area contributed by atoms with Gasteiger partial charge in [-0.1, -0.05) is 12.1 Å². The summed E-state index contributed by atoms with van der Waals surface area (Å²) < 4.78 is 38.9. The van der Waals surface area contributed by atoms with Crippen molar-refractivity contribution in [1.29, 1.82) is 0 Å². The molecular formula is C16H18F3N3O4. The number of likely N-dealkylation sites (tertiary alicyclic amines) is 1. The van der Waals surface area contributed by atoms with Gasteiger partial charge in [0.15, 0.2) is 0 Å². The lowest BCUT2D eigenvalue weighted by atomic mass is 9.96. The van der Waals surface area contributed by atoms with Crippen LogP contribution in [0.5, 0.6) is 0 Å². The normalized spacial score (nSPS) is 19.9. The number of nitrogens with zero attached hydrogens (tertiary/aromatic N) is 1. The van der Waals surface area contributed by atoms with Gasteiger partial charge in [0.1, 0.15) is 0 Å². The molecule has 142 valence electrons. The van der Waals surface area contributed by atoms with E-state index < -0.39 is 43.1 Å². The number of carboxylic acid groups (broad SMARTS) is 1. The number of hydrogen-bond acceptors (Lipinski definition) is 3. The molecule has 1 heterocycles. The average molecular weight is 373 g/mol. The van der Waals surface area contributed by atoms with Gasteiger partial charge in [0, 0.05) is 32.2 Å². The van der Waals surface area contributed by atoms with Crippen molar-refractivity contribution in [2.45, 2.75) is 19.6 Å². The first kappa shape index (κ1) is 19.5. The second kappa shape index (κ2) is 7.63. The second-order valence-corrected chi connectivity index (χ2v) is 6.04. The number of carbonyl (C=O) groups excluding carboxylic acids is 2. The first-order valence-electron chi connectivity index (χ1n) is 7.76. The Bertz CT molecular complexity index is 708. The van der Waals surface area contributed by atoms with Crippen LogP contribution in [0.2, 0.25) is 0 Å². The molecular weight excluding hydrogens is 355 g/mol. The molecule has 2 atom stereocenters. The minimum Gasteiger partial charge on any atom is -0.481 e. The molecule has 10 heteroatoms. The van der Waals surface area contributed by atoms with Crippen LogP contribution in [0.15, 0.2) is 24.3 Å². The Labute approximate surface area is 147 Å². The van der Waals surface area contributed by atoms with Gasteiger partial charge in [0.05, 0.1) is 11.8 Å². The summed E-state index contributed by atoms with van der Waals surface area (Å²) >= 11 is 0. The molecule has 1 aliphatic rings. The molecule has 1 aliphatic heterocycles. The Kier molecular flexibility index (Phi) is 5.73. The molecule has 7 nitrogen and oxygen atoms in total. The molecule has 0 unspecified atom stereocenters. The van der Waals surface area contributed by atoms with E-state index in [9.17, 15) is 27.6 Å². The van der Waals surface area contributed by atoms with E-state index in [-0.39, 0.29) is 12.5 Å². The van der Waals surface area contributed by atoms with Crippen molar-refractivity contribution < 1.29 is 32.7 Å². The highest BCUT2D eigenvalue weighted by molar-refractivity contribution is 5.88. The van der Waals surface area contributed by atoms with E-state index in [1.807, 2.05) is 0 Å². The molecule has 1 saturated heterocycles. The van der Waals surface area contributed by atoms with E-state index in [0.717, 1.165) is 4.90 Å². The van der Waals surface area contributed by atoms with Crippen LogP contribution in [0.25, 0.3) is 0 Å². The zero-order valence-electron chi connectivity index (χ0n) is 13.8. The minimum absolute atomic E-state index is 0.0250. The standard InChI is InChI=1S/C16H18F3N3O4/c1-9(23)21-11-4-2-3-10(5-11)6-20-15(26)22-7-12(14(24)25)13(8-22)16(17,18)19/h2-5,12-13H,6-8H2,1H3,(H,20,26)(H,21,23)(H,24,25)/t12-,13-/m1/s1. The third kappa shape index (κ3) is 4.87. The maximum absolute atomic E-state index is 13.0. The Morgan fingerprint density at radius 1 is 1.27 bits per heavy atom. The Balaban J connectivity index is 1.98. The Hall–Kier alpha value is -2.78. The van der Waals surface area contributed by atoms with Gasteiger partial charge in [0.2, 0.25) is 5.91 Å². The molecule has 0 bridgehead atoms. The van der Waals surface area contributed by atoms with Crippen molar-refractivity contribution in [1.82, 2.24) is 10.2 Å². The fourth-order valence-electron chi connectivity index (χ4n) is 2.80. The number of urea groups is 1. The summed E-state index contributed by atoms with van der Waals surface area (Å²) in [6.45, 7) is 0.171. The van der Waals surface area contributed by atoms with E-state index in [2.05, 4.69) is 10.6 Å². The number of amides is 3. The molecule has 2 rings (SSSR count). The first-order chi connectivity index (χ1) is 12.1. The summed E-state index contributed by atoms with van der Waals surface area (Å²) in [5.74, 6) is -5.61. The van der Waals surface area contributed by atoms with Crippen LogP contribution in [-0.4, -0.2) is 47.2 Å². The largest absolute Gasteiger partial charge is 0.481 e. The molecule has 26 heavy (non-hydrogen) atoms. The fraction of sp³-hybridized carbons (Fsp3) is 0.438. The minimum atomic E-state index is -4.69. The van der Waals surface area contributed by atoms with Gasteiger partial charge in [-0.15, -0.1) is 0 Å². The molecule has 3 amide bonds. The highest BCUT2D eigenvalue weighted by Gasteiger charge is 2.53. The van der Waals surface area contributed by atoms with Crippen LogP contribution in [0, 0.1) is 11.8 Å². The monoisotopic (exact) mass is 373 g/mol. The Morgan fingerprint density at radius 3 is 2.50 bits per heavy atom. The predicted octanol–water partition coefficient (Wildman–Crippen LogP) is 2.05. The number of halogens is 3. The lowest BCUT2D eigenvalue weighted by Gasteiger charge is -2.19. The maximum atomic E-state index is 13.0. The predicted molar refractivity (Wildman–Crippen MR) is 85.2 cm³/mol. The summed E-state index contributed by atoms with van der Waals surface area (Å²) in [5.41, 5.74) is 1.15. The topological polar surface area (TPSA) is 98.7 Å². The van der Waals surface area contributed by atoms with Crippen LogP contribution in [0.1, 0.15) is 12.5 Å². The number of alkyl halides is 3. The molecule has 1 aromatic rings. The highest BCUT2D eigenvalue weighted by atomic mass is 19.4. The third-order valence-electron chi connectivity index (χ3n) is 4.04. The van der Waals surface area contributed by atoms with Gasteiger partial charge in [0.25, 0.3) is 0 Å². The number of benzene rings is 1. The molecule has 0 saturated carbocycles. The van der Waals surface area contributed by atoms with Crippen LogP contribution >= 0.6 is 0 Å². The van der Waals surface area contributed by atoms with E-state index in [4.69, 9.17) is 5.11 Å². The molecule has 0 aliphatic carbocycles. The number of hydrogen-bond donors (Lipinski definition) is 3. The lowest BCUT2D eigenvalue weighted by molar-refractivity contribution is -0.187. The van der Waals surface area contributed by atoms with Crippen molar-refractivity contribution in [3.63, 3.8) is 0 Å². The molecule has 3 N–H and O–H groups in total. The van der Waals surface area contributed by atoms with Crippen LogP contribution < -0.4 is 10.6 Å². The summed E-state index contributed by atoms with van der Waals surface area (Å²) in [6.07, 6.45) is -4.69. The number of carbonyl (C=O) groups is 3. The van der Waals surface area contributed by atoms with Crippen molar-refractivity contribution in [2.24, 2.45) is 11.8 Å². The van der Waals surface area contributed by atoms with Crippen molar-refractivity contribution in [3.05, 3.63) is 29.8 Å². The fourth-order valence-corrected chi connectivity index (χ4v) is 2.80.